The van der Waals surface area contributed by atoms with Crippen LogP contribution in [0, 0.1) is 6.92 Å². The summed E-state index contributed by atoms with van der Waals surface area (Å²) in [5, 5.41) is 0.138. The van der Waals surface area contributed by atoms with Crippen LogP contribution >= 0.6 is 11.8 Å². The number of carbonyl (C=O) groups excluding carboxylic acids is 1. The molecule has 0 spiro atoms. The second kappa shape index (κ2) is 4.99. The predicted octanol–water partition coefficient (Wildman–Crippen LogP) is 2.78. The van der Waals surface area contributed by atoms with Gasteiger partial charge in [0.15, 0.2) is 0 Å². The maximum atomic E-state index is 11.3. The van der Waals surface area contributed by atoms with Crippen LogP contribution in [0.15, 0.2) is 30.3 Å². The highest BCUT2D eigenvalue weighted by Crippen LogP contribution is 2.12. The van der Waals surface area contributed by atoms with Gasteiger partial charge < -0.3 is 0 Å². The minimum Gasteiger partial charge on any atom is -0.282 e. The summed E-state index contributed by atoms with van der Waals surface area (Å²) >= 11 is 1.33. The molecule has 0 aliphatic heterocycles. The van der Waals surface area contributed by atoms with Gasteiger partial charge in [0.1, 0.15) is 0 Å². The van der Waals surface area contributed by atoms with Crippen LogP contribution < -0.4 is 0 Å². The van der Waals surface area contributed by atoms with Gasteiger partial charge in [0, 0.05) is 11.3 Å². The van der Waals surface area contributed by atoms with Crippen LogP contribution in [0.2, 0.25) is 0 Å². The number of benzene rings is 1. The van der Waals surface area contributed by atoms with Crippen molar-refractivity contribution in [2.24, 2.45) is 0 Å². The highest BCUT2D eigenvalue weighted by Gasteiger charge is 2.03. The molecule has 1 nitrogen and oxygen atoms in total. The molecule has 0 saturated heterocycles. The van der Waals surface area contributed by atoms with Gasteiger partial charge in [-0.1, -0.05) is 49.0 Å². The van der Waals surface area contributed by atoms with Gasteiger partial charge in [0.25, 0.3) is 0 Å². The minimum atomic E-state index is 0.138. The fourth-order valence-corrected chi connectivity index (χ4v) is 1.45. The molecule has 1 aromatic rings. The monoisotopic (exact) mass is 179 g/mol. The van der Waals surface area contributed by atoms with Gasteiger partial charge in [0.05, 0.1) is 0 Å². The number of thioether (sulfide) groups is 1. The Bertz CT molecular complexity index is 243. The zero-order valence-electron chi connectivity index (χ0n) is 6.82. The van der Waals surface area contributed by atoms with Crippen molar-refractivity contribution < 1.29 is 4.79 Å². The molecular weight excluding hydrogens is 168 g/mol. The summed E-state index contributed by atoms with van der Waals surface area (Å²) in [5.41, 5.74) is 0.774. The van der Waals surface area contributed by atoms with E-state index in [0.717, 1.165) is 17.7 Å². The van der Waals surface area contributed by atoms with E-state index in [1.807, 2.05) is 30.3 Å². The van der Waals surface area contributed by atoms with E-state index in [-0.39, 0.29) is 5.12 Å². The maximum absolute atomic E-state index is 11.3. The number of carbonyl (C=O) groups is 1. The summed E-state index contributed by atoms with van der Waals surface area (Å²) in [6, 6.07) is 9.32. The summed E-state index contributed by atoms with van der Waals surface area (Å²) < 4.78 is 0. The lowest BCUT2D eigenvalue weighted by Crippen LogP contribution is -1.93. The van der Waals surface area contributed by atoms with Crippen LogP contribution in [0.3, 0.4) is 0 Å². The van der Waals surface area contributed by atoms with Gasteiger partial charge in [-0.25, -0.2) is 0 Å². The van der Waals surface area contributed by atoms with Gasteiger partial charge in [-0.2, -0.15) is 0 Å². The summed E-state index contributed by atoms with van der Waals surface area (Å²) in [4.78, 5) is 11.3. The topological polar surface area (TPSA) is 17.1 Å². The van der Waals surface area contributed by atoms with E-state index in [9.17, 15) is 4.79 Å². The van der Waals surface area contributed by atoms with Crippen LogP contribution in [0.1, 0.15) is 16.8 Å². The molecule has 2 heteroatoms. The average Bonchev–Trinajstić information content (AvgIpc) is 2.15. The zero-order chi connectivity index (χ0) is 8.81. The number of rotatable bonds is 3. The SMILES string of the molecule is [CH2]CCSC(=O)c1ccccc1. The van der Waals surface area contributed by atoms with Crippen LogP contribution in [0.5, 0.6) is 0 Å². The Labute approximate surface area is 77.2 Å². The van der Waals surface area contributed by atoms with E-state index in [0.29, 0.717) is 0 Å². The molecule has 0 atom stereocenters. The summed E-state index contributed by atoms with van der Waals surface area (Å²) in [5.74, 6) is 0.799. The van der Waals surface area contributed by atoms with Crippen molar-refractivity contribution in [2.45, 2.75) is 6.42 Å². The molecule has 0 fully saturated rings. The third kappa shape index (κ3) is 2.70. The Hall–Kier alpha value is -0.760. The lowest BCUT2D eigenvalue weighted by atomic mass is 10.2. The van der Waals surface area contributed by atoms with Crippen LogP contribution in [0.25, 0.3) is 0 Å². The first kappa shape index (κ1) is 9.33. The highest BCUT2D eigenvalue weighted by molar-refractivity contribution is 8.14. The largest absolute Gasteiger partial charge is 0.282 e. The Balaban J connectivity index is 2.54. The molecule has 12 heavy (non-hydrogen) atoms. The van der Waals surface area contributed by atoms with Gasteiger partial charge in [-0.15, -0.1) is 0 Å². The molecule has 1 aromatic carbocycles. The molecule has 0 amide bonds. The molecule has 0 bridgehead atoms. The average molecular weight is 179 g/mol. The van der Waals surface area contributed by atoms with Crippen molar-refractivity contribution in [3.8, 4) is 0 Å². The number of hydrogen-bond donors (Lipinski definition) is 0. The Morgan fingerprint density at radius 3 is 2.58 bits per heavy atom. The molecule has 0 aromatic heterocycles. The molecule has 1 radical (unpaired) electrons. The van der Waals surface area contributed by atoms with E-state index in [1.54, 1.807) is 0 Å². The van der Waals surface area contributed by atoms with Crippen molar-refractivity contribution in [3.05, 3.63) is 42.8 Å². The summed E-state index contributed by atoms with van der Waals surface area (Å²) in [6.45, 7) is 3.68. The van der Waals surface area contributed by atoms with E-state index in [4.69, 9.17) is 0 Å². The Kier molecular flexibility index (Phi) is 3.88. The second-order valence-corrected chi connectivity index (χ2v) is 3.42. The zero-order valence-corrected chi connectivity index (χ0v) is 7.64. The van der Waals surface area contributed by atoms with Crippen LogP contribution in [-0.4, -0.2) is 10.9 Å². The highest BCUT2D eigenvalue weighted by atomic mass is 32.2. The molecular formula is C10H11OS. The quantitative estimate of drug-likeness (QED) is 0.709. The smallest absolute Gasteiger partial charge is 0.219 e. The third-order valence-electron chi connectivity index (χ3n) is 1.39. The molecule has 0 N–H and O–H groups in total. The van der Waals surface area contributed by atoms with Gasteiger partial charge >= 0.3 is 0 Å². The number of hydrogen-bond acceptors (Lipinski definition) is 2. The summed E-state index contributed by atoms with van der Waals surface area (Å²) in [6.07, 6.45) is 0.795. The van der Waals surface area contributed by atoms with E-state index in [1.165, 1.54) is 11.8 Å². The molecule has 0 unspecified atom stereocenters. The van der Waals surface area contributed by atoms with Crippen molar-refractivity contribution in [2.75, 3.05) is 5.75 Å². The van der Waals surface area contributed by atoms with Crippen molar-refractivity contribution >= 4 is 16.9 Å². The van der Waals surface area contributed by atoms with Gasteiger partial charge in [-0.05, 0) is 6.42 Å². The normalized spacial score (nSPS) is 9.75. The molecule has 0 saturated carbocycles. The fraction of sp³-hybridized carbons (Fsp3) is 0.200. The molecule has 0 aliphatic rings. The molecule has 1 rings (SSSR count). The Morgan fingerprint density at radius 2 is 2.00 bits per heavy atom. The van der Waals surface area contributed by atoms with Crippen molar-refractivity contribution in [1.29, 1.82) is 0 Å². The van der Waals surface area contributed by atoms with E-state index < -0.39 is 0 Å². The molecule has 0 aliphatic carbocycles. The van der Waals surface area contributed by atoms with Crippen molar-refractivity contribution in [3.63, 3.8) is 0 Å². The van der Waals surface area contributed by atoms with Gasteiger partial charge in [-0.3, -0.25) is 4.79 Å². The first-order chi connectivity index (χ1) is 5.84. The van der Waals surface area contributed by atoms with Crippen LogP contribution in [-0.2, 0) is 0 Å². The standard InChI is InChI=1S/C10H11OS/c1-2-8-12-10(11)9-6-4-3-5-7-9/h3-7H,1-2,8H2. The Morgan fingerprint density at radius 1 is 1.33 bits per heavy atom. The van der Waals surface area contributed by atoms with E-state index in [2.05, 4.69) is 6.92 Å². The minimum absolute atomic E-state index is 0.138. The second-order valence-electron chi connectivity index (χ2n) is 2.36. The lowest BCUT2D eigenvalue weighted by molar-refractivity contribution is 0.108. The maximum Gasteiger partial charge on any atom is 0.219 e. The summed E-state index contributed by atoms with van der Waals surface area (Å²) in [7, 11) is 0. The molecule has 0 heterocycles. The van der Waals surface area contributed by atoms with Crippen molar-refractivity contribution in [1.82, 2.24) is 0 Å². The third-order valence-corrected chi connectivity index (χ3v) is 2.38. The van der Waals surface area contributed by atoms with E-state index >= 15 is 0 Å². The van der Waals surface area contributed by atoms with Gasteiger partial charge in [0.2, 0.25) is 5.12 Å². The molecule has 63 valence electrons. The fourth-order valence-electron chi connectivity index (χ4n) is 0.822. The first-order valence-corrected chi connectivity index (χ1v) is 4.84. The van der Waals surface area contributed by atoms with Crippen LogP contribution in [0.4, 0.5) is 0 Å². The predicted molar refractivity (Wildman–Crippen MR) is 53.2 cm³/mol. The lowest BCUT2D eigenvalue weighted by Gasteiger charge is -1.97. The first-order valence-electron chi connectivity index (χ1n) is 3.86.